The molecule has 4 amide bonds. The van der Waals surface area contributed by atoms with Crippen molar-refractivity contribution in [3.05, 3.63) is 18.2 Å². The van der Waals surface area contributed by atoms with Crippen molar-refractivity contribution in [3.63, 3.8) is 0 Å². The van der Waals surface area contributed by atoms with Crippen LogP contribution in [0.25, 0.3) is 0 Å². The molecule has 0 aromatic carbocycles. The summed E-state index contributed by atoms with van der Waals surface area (Å²) in [6.07, 6.45) is 2.46. The molecule has 1 aromatic heterocycles. The molecule has 0 fully saturated rings. The number of hydrogen-bond acceptors (Lipinski definition) is 8. The molecule has 0 saturated heterocycles. The fourth-order valence-corrected chi connectivity index (χ4v) is 2.61. The molecule has 0 aliphatic rings. The van der Waals surface area contributed by atoms with Crippen LogP contribution in [0.15, 0.2) is 12.5 Å². The number of imidazole rings is 1. The van der Waals surface area contributed by atoms with Gasteiger partial charge >= 0.3 is 5.97 Å². The molecule has 0 bridgehead atoms. The Bertz CT molecular complexity index is 757. The number of hydrogen-bond donors (Lipinski definition) is 8. The average molecular weight is 443 g/mol. The van der Waals surface area contributed by atoms with Gasteiger partial charge in [-0.15, -0.1) is 0 Å². The minimum atomic E-state index is -1.29. The van der Waals surface area contributed by atoms with E-state index in [-0.39, 0.29) is 31.6 Å². The quantitative estimate of drug-likeness (QED) is 0.143. The number of nitrogens with two attached hydrogens (primary N) is 2. The lowest BCUT2D eigenvalue weighted by Gasteiger charge is -2.23. The normalized spacial score (nSPS) is 13.5. The summed E-state index contributed by atoms with van der Waals surface area (Å²) in [6.45, 7) is -0.388. The Morgan fingerprint density at radius 1 is 1.10 bits per heavy atom. The molecule has 0 spiro atoms. The smallest absolute Gasteiger partial charge is 0.327 e. The highest BCUT2D eigenvalue weighted by Gasteiger charge is 2.29. The second-order valence-electron chi connectivity index (χ2n) is 6.25. The van der Waals surface area contributed by atoms with Crippen molar-refractivity contribution in [2.75, 3.05) is 12.3 Å². The number of carbonyl (C=O) groups is 5. The van der Waals surface area contributed by atoms with Gasteiger partial charge in [0, 0.05) is 30.5 Å². The van der Waals surface area contributed by atoms with Crippen molar-refractivity contribution in [2.45, 2.75) is 37.4 Å². The van der Waals surface area contributed by atoms with Crippen LogP contribution in [0, 0.1) is 0 Å². The van der Waals surface area contributed by atoms with Gasteiger partial charge in [-0.05, 0) is 6.42 Å². The zero-order valence-corrected chi connectivity index (χ0v) is 16.9. The van der Waals surface area contributed by atoms with Gasteiger partial charge in [0.05, 0.1) is 12.9 Å². The predicted molar refractivity (Wildman–Crippen MR) is 107 cm³/mol. The summed E-state index contributed by atoms with van der Waals surface area (Å²) in [5, 5.41) is 16.2. The fraction of sp³-hybridized carbons (Fsp3) is 0.500. The Kier molecular flexibility index (Phi) is 10.3. The molecule has 0 aliphatic heterocycles. The maximum atomic E-state index is 12.7. The molecule has 166 valence electrons. The number of carboxylic acids is 1. The van der Waals surface area contributed by atoms with Crippen LogP contribution in [0.5, 0.6) is 0 Å². The highest BCUT2D eigenvalue weighted by Crippen LogP contribution is 2.04. The minimum Gasteiger partial charge on any atom is -0.480 e. The van der Waals surface area contributed by atoms with Crippen molar-refractivity contribution < 1.29 is 29.1 Å². The Morgan fingerprint density at radius 3 is 2.23 bits per heavy atom. The molecule has 0 radical (unpaired) electrons. The topological polar surface area (TPSA) is 222 Å². The largest absolute Gasteiger partial charge is 0.480 e. The molecule has 1 rings (SSSR count). The molecule has 1 aromatic rings. The second-order valence-corrected chi connectivity index (χ2v) is 6.62. The summed E-state index contributed by atoms with van der Waals surface area (Å²) < 4.78 is 0. The number of carbonyl (C=O) groups excluding carboxylic acids is 4. The standard InChI is InChI=1S/C16H25N7O6S/c17-4-13(25)21-9(1-2-12(18)24)14(26)22-10(3-8-5-19-7-20-8)15(27)23-11(6-30)16(28)29/h5,7,9-11,30H,1-4,6,17H2,(H2,18,24)(H,19,20)(H,21,25)(H,22,26)(H,23,27)(H,28,29). The van der Waals surface area contributed by atoms with Crippen LogP contribution in [0.3, 0.4) is 0 Å². The number of nitrogens with zero attached hydrogens (tertiary/aromatic N) is 1. The molecule has 13 nitrogen and oxygen atoms in total. The second kappa shape index (κ2) is 12.4. The lowest BCUT2D eigenvalue weighted by molar-refractivity contribution is -0.141. The lowest BCUT2D eigenvalue weighted by atomic mass is 10.1. The predicted octanol–water partition coefficient (Wildman–Crippen LogP) is -3.35. The van der Waals surface area contributed by atoms with E-state index in [1.165, 1.54) is 12.5 Å². The molecule has 30 heavy (non-hydrogen) atoms. The van der Waals surface area contributed by atoms with Crippen LogP contribution in [0.1, 0.15) is 18.5 Å². The fourth-order valence-electron chi connectivity index (χ4n) is 2.36. The summed E-state index contributed by atoms with van der Waals surface area (Å²) in [6, 6.07) is -3.65. The van der Waals surface area contributed by atoms with E-state index in [2.05, 4.69) is 38.5 Å². The maximum absolute atomic E-state index is 12.7. The van der Waals surface area contributed by atoms with E-state index >= 15 is 0 Å². The number of nitrogens with one attached hydrogen (secondary N) is 4. The average Bonchev–Trinajstić information content (AvgIpc) is 3.20. The minimum absolute atomic E-state index is 0.0378. The van der Waals surface area contributed by atoms with Crippen LogP contribution in [-0.4, -0.2) is 75.1 Å². The van der Waals surface area contributed by atoms with Gasteiger partial charge in [0.25, 0.3) is 0 Å². The highest BCUT2D eigenvalue weighted by molar-refractivity contribution is 7.80. The number of aromatic nitrogens is 2. The number of rotatable bonds is 13. The number of carboxylic acid groups (broad SMARTS) is 1. The summed E-state index contributed by atoms with van der Waals surface area (Å²) in [5.74, 6) is -4.33. The van der Waals surface area contributed by atoms with Crippen LogP contribution in [-0.2, 0) is 30.4 Å². The molecular weight excluding hydrogens is 418 g/mol. The number of aliphatic carboxylic acids is 1. The molecule has 3 atom stereocenters. The van der Waals surface area contributed by atoms with Gasteiger partial charge in [-0.2, -0.15) is 12.6 Å². The summed E-state index contributed by atoms with van der Waals surface area (Å²) in [7, 11) is 0. The highest BCUT2D eigenvalue weighted by atomic mass is 32.1. The Hall–Kier alpha value is -3.13. The van der Waals surface area contributed by atoms with Crippen molar-refractivity contribution in [1.82, 2.24) is 25.9 Å². The van der Waals surface area contributed by atoms with Gasteiger partial charge in [-0.25, -0.2) is 9.78 Å². The van der Waals surface area contributed by atoms with Gasteiger partial charge in [0.2, 0.25) is 23.6 Å². The lowest BCUT2D eigenvalue weighted by Crippen LogP contribution is -2.57. The van der Waals surface area contributed by atoms with Gasteiger partial charge < -0.3 is 37.5 Å². The summed E-state index contributed by atoms with van der Waals surface area (Å²) >= 11 is 3.88. The number of aromatic amines is 1. The van der Waals surface area contributed by atoms with Gasteiger partial charge in [0.1, 0.15) is 18.1 Å². The molecule has 14 heteroatoms. The van der Waals surface area contributed by atoms with E-state index in [1.54, 1.807) is 0 Å². The first-order valence-electron chi connectivity index (χ1n) is 8.87. The molecule has 3 unspecified atom stereocenters. The first-order chi connectivity index (χ1) is 14.2. The molecule has 1 heterocycles. The number of H-pyrrole nitrogens is 1. The first kappa shape index (κ1) is 24.9. The Morgan fingerprint density at radius 2 is 1.73 bits per heavy atom. The Balaban J connectivity index is 2.98. The van der Waals surface area contributed by atoms with E-state index < -0.39 is 47.7 Å². The van der Waals surface area contributed by atoms with Gasteiger partial charge in [-0.1, -0.05) is 0 Å². The SMILES string of the molecule is NCC(=O)NC(CCC(N)=O)C(=O)NC(Cc1cnc[nH]1)C(=O)NC(CS)C(=O)O. The zero-order chi connectivity index (χ0) is 22.7. The number of amides is 4. The summed E-state index contributed by atoms with van der Waals surface area (Å²) in [4.78, 5) is 65.7. The van der Waals surface area contributed by atoms with Crippen molar-refractivity contribution in [2.24, 2.45) is 11.5 Å². The number of thiol groups is 1. The summed E-state index contributed by atoms with van der Waals surface area (Å²) in [5.41, 5.74) is 10.8. The zero-order valence-electron chi connectivity index (χ0n) is 16.0. The van der Waals surface area contributed by atoms with E-state index in [1.807, 2.05) is 0 Å². The van der Waals surface area contributed by atoms with Crippen LogP contribution >= 0.6 is 12.6 Å². The van der Waals surface area contributed by atoms with E-state index in [0.29, 0.717) is 5.69 Å². The molecule has 9 N–H and O–H groups in total. The van der Waals surface area contributed by atoms with Crippen LogP contribution in [0.2, 0.25) is 0 Å². The van der Waals surface area contributed by atoms with E-state index in [0.717, 1.165) is 0 Å². The van der Waals surface area contributed by atoms with Crippen LogP contribution < -0.4 is 27.4 Å². The van der Waals surface area contributed by atoms with E-state index in [4.69, 9.17) is 16.6 Å². The molecule has 0 saturated carbocycles. The van der Waals surface area contributed by atoms with Crippen molar-refractivity contribution in [3.8, 4) is 0 Å². The van der Waals surface area contributed by atoms with Crippen LogP contribution in [0.4, 0.5) is 0 Å². The van der Waals surface area contributed by atoms with Gasteiger partial charge in [0.15, 0.2) is 0 Å². The molecule has 0 aliphatic carbocycles. The van der Waals surface area contributed by atoms with Crippen molar-refractivity contribution in [1.29, 1.82) is 0 Å². The Labute approximate surface area is 177 Å². The van der Waals surface area contributed by atoms with Crippen molar-refractivity contribution >= 4 is 42.2 Å². The number of primary amides is 1. The first-order valence-corrected chi connectivity index (χ1v) is 9.50. The van der Waals surface area contributed by atoms with E-state index in [9.17, 15) is 24.0 Å². The monoisotopic (exact) mass is 443 g/mol. The third-order valence-corrected chi connectivity index (χ3v) is 4.29. The maximum Gasteiger partial charge on any atom is 0.327 e. The molecular formula is C16H25N7O6S. The third kappa shape index (κ3) is 8.48. The third-order valence-electron chi connectivity index (χ3n) is 3.93. The van der Waals surface area contributed by atoms with Gasteiger partial charge in [-0.3, -0.25) is 19.2 Å².